The average Bonchev–Trinajstić information content (AvgIpc) is 2.80. The summed E-state index contributed by atoms with van der Waals surface area (Å²) in [5.41, 5.74) is 3.45. The van der Waals surface area contributed by atoms with Crippen LogP contribution in [0.4, 0.5) is 5.69 Å². The third-order valence-electron chi connectivity index (χ3n) is 6.08. The van der Waals surface area contributed by atoms with E-state index in [1.165, 1.54) is 0 Å². The van der Waals surface area contributed by atoms with Gasteiger partial charge in [-0.3, -0.25) is 4.79 Å². The molecular weight excluding hydrogens is 434 g/mol. The Hall–Kier alpha value is -3.29. The lowest BCUT2D eigenvalue weighted by molar-refractivity contribution is 0.102. The molecule has 6 nitrogen and oxygen atoms in total. The third-order valence-corrected chi connectivity index (χ3v) is 7.66. The fraction of sp³-hybridized carbons (Fsp3) is 0.231. The average molecular weight is 462 g/mol. The zero-order valence-corrected chi connectivity index (χ0v) is 19.5. The fourth-order valence-corrected chi connectivity index (χ4v) is 5.76. The number of fused-ring (bicyclic) bond motifs is 1. The zero-order valence-electron chi connectivity index (χ0n) is 18.7. The first-order valence-corrected chi connectivity index (χ1v) is 12.4. The quantitative estimate of drug-likeness (QED) is 0.487. The number of carbonyl (C=O) groups excluding carboxylic acids is 1. The van der Waals surface area contributed by atoms with Crippen LogP contribution in [0.2, 0.25) is 0 Å². The van der Waals surface area contributed by atoms with Crippen molar-refractivity contribution in [3.05, 3.63) is 83.4 Å². The Labute approximate surface area is 194 Å². The van der Waals surface area contributed by atoms with E-state index in [2.05, 4.69) is 10.0 Å². The summed E-state index contributed by atoms with van der Waals surface area (Å²) in [6.45, 7) is 3.75. The molecule has 3 N–H and O–H groups in total. The fourth-order valence-electron chi connectivity index (χ4n) is 4.28. The second kappa shape index (κ2) is 9.29. The van der Waals surface area contributed by atoms with Crippen molar-refractivity contribution in [3.63, 3.8) is 0 Å². The van der Waals surface area contributed by atoms with Gasteiger partial charge in [-0.2, -0.15) is 0 Å². The smallest absolute Gasteiger partial charge is 0.255 e. The molecule has 0 heterocycles. The molecule has 0 saturated heterocycles. The van der Waals surface area contributed by atoms with Gasteiger partial charge in [0, 0.05) is 33.8 Å². The van der Waals surface area contributed by atoms with Crippen molar-refractivity contribution in [2.45, 2.75) is 44.0 Å². The van der Waals surface area contributed by atoms with Crippen molar-refractivity contribution in [3.8, 4) is 0 Å². The first-order chi connectivity index (χ1) is 15.8. The number of carbonyl (C=O) groups is 1. The highest BCUT2D eigenvalue weighted by Crippen LogP contribution is 2.31. The molecule has 3 aromatic carbocycles. The van der Waals surface area contributed by atoms with Gasteiger partial charge in [0.2, 0.25) is 10.0 Å². The van der Waals surface area contributed by atoms with E-state index in [1.54, 1.807) is 30.3 Å². The second-order valence-electron chi connectivity index (χ2n) is 8.28. The molecule has 0 aromatic heterocycles. The molecule has 3 aromatic rings. The van der Waals surface area contributed by atoms with Crippen molar-refractivity contribution in [1.29, 1.82) is 5.41 Å². The van der Waals surface area contributed by atoms with Gasteiger partial charge < -0.3 is 10.7 Å². The number of amides is 1. The SMILES string of the molecule is C/C=C1/CC(NS(=O)(=O)c2ccc(NC(=O)c3ccccc3C)c3ccccc23)CCC1=N. The largest absolute Gasteiger partial charge is 0.321 e. The molecule has 0 spiro atoms. The van der Waals surface area contributed by atoms with E-state index in [-0.39, 0.29) is 16.8 Å². The van der Waals surface area contributed by atoms with Gasteiger partial charge in [0.15, 0.2) is 0 Å². The second-order valence-corrected chi connectivity index (χ2v) is 9.96. The molecule has 0 bridgehead atoms. The van der Waals surface area contributed by atoms with Crippen molar-refractivity contribution >= 4 is 38.1 Å². The minimum absolute atomic E-state index is 0.176. The van der Waals surface area contributed by atoms with Crippen LogP contribution in [0.25, 0.3) is 10.8 Å². The summed E-state index contributed by atoms with van der Waals surface area (Å²) in [4.78, 5) is 13.0. The van der Waals surface area contributed by atoms with Crippen LogP contribution in [0.5, 0.6) is 0 Å². The summed E-state index contributed by atoms with van der Waals surface area (Å²) in [7, 11) is -3.80. The first kappa shape index (κ1) is 22.9. The number of hydrogen-bond donors (Lipinski definition) is 3. The molecule has 1 fully saturated rings. The van der Waals surface area contributed by atoms with E-state index >= 15 is 0 Å². The van der Waals surface area contributed by atoms with Crippen LogP contribution in [-0.4, -0.2) is 26.1 Å². The molecule has 1 unspecified atom stereocenters. The molecule has 0 radical (unpaired) electrons. The summed E-state index contributed by atoms with van der Waals surface area (Å²) < 4.78 is 29.5. The van der Waals surface area contributed by atoms with E-state index in [1.807, 2.05) is 50.3 Å². The van der Waals surface area contributed by atoms with Crippen molar-refractivity contribution in [1.82, 2.24) is 4.72 Å². The molecular formula is C26H27N3O3S. The molecule has 1 amide bonds. The van der Waals surface area contributed by atoms with Crippen LogP contribution in [0, 0.1) is 12.3 Å². The first-order valence-electron chi connectivity index (χ1n) is 10.9. The maximum Gasteiger partial charge on any atom is 0.255 e. The maximum absolute atomic E-state index is 13.3. The van der Waals surface area contributed by atoms with Crippen molar-refractivity contribution in [2.24, 2.45) is 0 Å². The van der Waals surface area contributed by atoms with E-state index in [4.69, 9.17) is 5.41 Å². The van der Waals surface area contributed by atoms with Gasteiger partial charge >= 0.3 is 0 Å². The maximum atomic E-state index is 13.3. The predicted octanol–water partition coefficient (Wildman–Crippen LogP) is 5.20. The molecule has 1 aliphatic rings. The lowest BCUT2D eigenvalue weighted by Gasteiger charge is -2.26. The standard InChI is InChI=1S/C26H27N3O3S/c1-3-18-16-19(12-13-23(18)27)29-33(31,32)25-15-14-24(21-10-6-7-11-22(21)25)28-26(30)20-9-5-4-8-17(20)2/h3-11,14-15,19,27,29H,12-13,16H2,1-2H3,(H,28,30)/b18-3-,27-23?. The van der Waals surface area contributed by atoms with Gasteiger partial charge in [-0.1, -0.05) is 48.5 Å². The van der Waals surface area contributed by atoms with Crippen LogP contribution in [0.1, 0.15) is 42.1 Å². The highest BCUT2D eigenvalue weighted by Gasteiger charge is 2.27. The minimum atomic E-state index is -3.80. The number of benzene rings is 3. The summed E-state index contributed by atoms with van der Waals surface area (Å²) in [6, 6.07) is 17.4. The number of aryl methyl sites for hydroxylation is 1. The Morgan fingerprint density at radius 2 is 1.73 bits per heavy atom. The van der Waals surface area contributed by atoms with Gasteiger partial charge in [0.25, 0.3) is 5.91 Å². The summed E-state index contributed by atoms with van der Waals surface area (Å²) in [5.74, 6) is -0.240. The van der Waals surface area contributed by atoms with Gasteiger partial charge in [0.1, 0.15) is 0 Å². The summed E-state index contributed by atoms with van der Waals surface area (Å²) in [5, 5.41) is 12.1. The number of rotatable bonds is 5. The molecule has 0 aliphatic heterocycles. The van der Waals surface area contributed by atoms with Crippen molar-refractivity contribution < 1.29 is 13.2 Å². The Morgan fingerprint density at radius 3 is 2.45 bits per heavy atom. The third kappa shape index (κ3) is 4.74. The Kier molecular flexibility index (Phi) is 6.44. The van der Waals surface area contributed by atoms with Gasteiger partial charge in [-0.25, -0.2) is 13.1 Å². The Bertz CT molecular complexity index is 1380. The molecule has 4 rings (SSSR count). The molecule has 7 heteroatoms. The highest BCUT2D eigenvalue weighted by molar-refractivity contribution is 7.89. The van der Waals surface area contributed by atoms with Crippen LogP contribution < -0.4 is 10.0 Å². The minimum Gasteiger partial charge on any atom is -0.321 e. The Morgan fingerprint density at radius 1 is 1.03 bits per heavy atom. The molecule has 33 heavy (non-hydrogen) atoms. The lowest BCUT2D eigenvalue weighted by atomic mass is 9.89. The number of allylic oxidation sites excluding steroid dienone is 1. The van der Waals surface area contributed by atoms with E-state index in [0.29, 0.717) is 47.0 Å². The zero-order chi connectivity index (χ0) is 23.6. The highest BCUT2D eigenvalue weighted by atomic mass is 32.2. The normalized spacial score (nSPS) is 17.9. The number of sulfonamides is 1. The number of hydrogen-bond acceptors (Lipinski definition) is 4. The Balaban J connectivity index is 1.65. The molecule has 1 atom stereocenters. The summed E-state index contributed by atoms with van der Waals surface area (Å²) >= 11 is 0. The monoisotopic (exact) mass is 461 g/mol. The van der Waals surface area contributed by atoms with Crippen LogP contribution in [0.3, 0.4) is 0 Å². The van der Waals surface area contributed by atoms with Crippen LogP contribution in [0.15, 0.2) is 77.2 Å². The predicted molar refractivity (Wildman–Crippen MR) is 133 cm³/mol. The number of anilines is 1. The van der Waals surface area contributed by atoms with Gasteiger partial charge in [-0.15, -0.1) is 0 Å². The number of nitrogens with one attached hydrogen (secondary N) is 3. The lowest BCUT2D eigenvalue weighted by Crippen LogP contribution is -2.38. The molecule has 170 valence electrons. The molecule has 1 aliphatic carbocycles. The van der Waals surface area contributed by atoms with Gasteiger partial charge in [0.05, 0.1) is 4.90 Å². The van der Waals surface area contributed by atoms with Crippen LogP contribution >= 0.6 is 0 Å². The van der Waals surface area contributed by atoms with Crippen LogP contribution in [-0.2, 0) is 10.0 Å². The topological polar surface area (TPSA) is 99.1 Å². The van der Waals surface area contributed by atoms with Gasteiger partial charge in [-0.05, 0) is 62.4 Å². The van der Waals surface area contributed by atoms with E-state index in [0.717, 1.165) is 11.1 Å². The molecule has 1 saturated carbocycles. The van der Waals surface area contributed by atoms with E-state index in [9.17, 15) is 13.2 Å². The van der Waals surface area contributed by atoms with Crippen molar-refractivity contribution in [2.75, 3.05) is 5.32 Å². The van der Waals surface area contributed by atoms with E-state index < -0.39 is 10.0 Å². The summed E-state index contributed by atoms with van der Waals surface area (Å²) in [6.07, 6.45) is 3.54.